The number of primary amides is 1. The predicted molar refractivity (Wildman–Crippen MR) is 91.1 cm³/mol. The lowest BCUT2D eigenvalue weighted by Crippen LogP contribution is -2.12. The largest absolute Gasteiger partial charge is 0.490 e. The molecule has 2 rings (SSSR count). The second-order valence-electron chi connectivity index (χ2n) is 5.09. The normalized spacial score (nSPS) is 10.8. The van der Waals surface area contributed by atoms with E-state index in [0.29, 0.717) is 29.2 Å². The van der Waals surface area contributed by atoms with E-state index in [-0.39, 0.29) is 18.0 Å². The molecule has 0 aliphatic rings. The van der Waals surface area contributed by atoms with E-state index < -0.39 is 5.91 Å². The van der Waals surface area contributed by atoms with E-state index in [9.17, 15) is 9.18 Å². The Kier molecular flexibility index (Phi) is 6.13. The Hall–Kier alpha value is -3.33. The Labute approximate surface area is 145 Å². The predicted octanol–water partition coefficient (Wildman–Crippen LogP) is 3.20. The maximum Gasteiger partial charge on any atom is 0.259 e. The molecule has 0 heterocycles. The third kappa shape index (κ3) is 5.08. The van der Waals surface area contributed by atoms with Crippen molar-refractivity contribution in [2.45, 2.75) is 13.5 Å². The van der Waals surface area contributed by atoms with E-state index >= 15 is 0 Å². The number of amides is 1. The highest BCUT2D eigenvalue weighted by molar-refractivity contribution is 6.00. The molecule has 2 aromatic carbocycles. The summed E-state index contributed by atoms with van der Waals surface area (Å²) in [6.45, 7) is 2.41. The summed E-state index contributed by atoms with van der Waals surface area (Å²) in [6, 6.07) is 12.8. The van der Waals surface area contributed by atoms with E-state index in [2.05, 4.69) is 0 Å². The topological polar surface area (TPSA) is 85.3 Å². The fourth-order valence-electron chi connectivity index (χ4n) is 2.11. The zero-order valence-corrected chi connectivity index (χ0v) is 13.7. The fourth-order valence-corrected chi connectivity index (χ4v) is 2.11. The minimum absolute atomic E-state index is 0.157. The molecule has 0 aliphatic heterocycles. The SMILES string of the molecule is CCOc1cc(/C=C(\C#N)C(N)=O)ccc1OCc1cccc(F)c1. The van der Waals surface area contributed by atoms with Crippen molar-refractivity contribution in [1.29, 1.82) is 5.26 Å². The molecule has 5 nitrogen and oxygen atoms in total. The molecular formula is C19H17FN2O3. The van der Waals surface area contributed by atoms with Crippen LogP contribution in [0.25, 0.3) is 6.08 Å². The summed E-state index contributed by atoms with van der Waals surface area (Å²) in [7, 11) is 0. The number of nitrogens with two attached hydrogens (primary N) is 1. The van der Waals surface area contributed by atoms with Crippen LogP contribution in [0.4, 0.5) is 4.39 Å². The zero-order chi connectivity index (χ0) is 18.2. The molecule has 0 unspecified atom stereocenters. The molecule has 0 fully saturated rings. The van der Waals surface area contributed by atoms with Gasteiger partial charge < -0.3 is 15.2 Å². The third-order valence-electron chi connectivity index (χ3n) is 3.25. The molecule has 0 saturated heterocycles. The van der Waals surface area contributed by atoms with Crippen LogP contribution in [0.15, 0.2) is 48.0 Å². The average Bonchev–Trinajstić information content (AvgIpc) is 2.59. The lowest BCUT2D eigenvalue weighted by Gasteiger charge is -2.13. The number of carbonyl (C=O) groups is 1. The van der Waals surface area contributed by atoms with E-state index in [4.69, 9.17) is 20.5 Å². The first-order chi connectivity index (χ1) is 12.0. The molecule has 0 radical (unpaired) electrons. The van der Waals surface area contributed by atoms with Crippen molar-refractivity contribution in [2.75, 3.05) is 6.61 Å². The fraction of sp³-hybridized carbons (Fsp3) is 0.158. The van der Waals surface area contributed by atoms with E-state index in [1.165, 1.54) is 18.2 Å². The molecule has 0 atom stereocenters. The van der Waals surface area contributed by atoms with Crippen LogP contribution >= 0.6 is 0 Å². The highest BCUT2D eigenvalue weighted by Crippen LogP contribution is 2.30. The van der Waals surface area contributed by atoms with Crippen LogP contribution in [0.2, 0.25) is 0 Å². The van der Waals surface area contributed by atoms with Crippen molar-refractivity contribution in [3.8, 4) is 17.6 Å². The molecule has 25 heavy (non-hydrogen) atoms. The van der Waals surface area contributed by atoms with Crippen LogP contribution in [-0.2, 0) is 11.4 Å². The number of hydrogen-bond acceptors (Lipinski definition) is 4. The molecule has 0 aromatic heterocycles. The number of nitriles is 1. The van der Waals surface area contributed by atoms with Crippen LogP contribution in [0.3, 0.4) is 0 Å². The van der Waals surface area contributed by atoms with Crippen molar-refractivity contribution >= 4 is 12.0 Å². The monoisotopic (exact) mass is 340 g/mol. The van der Waals surface area contributed by atoms with Crippen molar-refractivity contribution in [3.05, 3.63) is 65.0 Å². The molecule has 2 N–H and O–H groups in total. The molecule has 6 heteroatoms. The summed E-state index contributed by atoms with van der Waals surface area (Å²) in [4.78, 5) is 11.1. The number of carbonyl (C=O) groups excluding carboxylic acids is 1. The standard InChI is InChI=1S/C19H17FN2O3/c1-2-24-18-10-13(8-15(11-21)19(22)23)6-7-17(18)25-12-14-4-3-5-16(20)9-14/h3-10H,2,12H2,1H3,(H2,22,23)/b15-8+. The molecule has 0 bridgehead atoms. The van der Waals surface area contributed by atoms with Gasteiger partial charge in [-0.15, -0.1) is 0 Å². The number of ether oxygens (including phenoxy) is 2. The van der Waals surface area contributed by atoms with Gasteiger partial charge in [-0.05, 0) is 48.4 Å². The third-order valence-corrected chi connectivity index (χ3v) is 3.25. The second kappa shape index (κ2) is 8.50. The summed E-state index contributed by atoms with van der Waals surface area (Å²) in [5, 5.41) is 8.91. The van der Waals surface area contributed by atoms with Gasteiger partial charge in [-0.3, -0.25) is 4.79 Å². The number of hydrogen-bond donors (Lipinski definition) is 1. The van der Waals surface area contributed by atoms with Crippen molar-refractivity contribution in [1.82, 2.24) is 0 Å². The molecule has 128 valence electrons. The molecule has 0 saturated carbocycles. The number of halogens is 1. The Bertz CT molecular complexity index is 841. The van der Waals surface area contributed by atoms with Gasteiger partial charge in [-0.25, -0.2) is 4.39 Å². The van der Waals surface area contributed by atoms with E-state index in [1.807, 2.05) is 6.92 Å². The van der Waals surface area contributed by atoms with Gasteiger partial charge in [0.1, 0.15) is 24.1 Å². The van der Waals surface area contributed by atoms with Gasteiger partial charge in [0.2, 0.25) is 0 Å². The molecule has 0 aliphatic carbocycles. The Morgan fingerprint density at radius 2 is 2.04 bits per heavy atom. The molecule has 2 aromatic rings. The number of nitrogens with zero attached hydrogens (tertiary/aromatic N) is 1. The van der Waals surface area contributed by atoms with Gasteiger partial charge in [-0.2, -0.15) is 5.26 Å². The zero-order valence-electron chi connectivity index (χ0n) is 13.7. The van der Waals surface area contributed by atoms with Crippen LogP contribution in [0, 0.1) is 17.1 Å². The van der Waals surface area contributed by atoms with Crippen LogP contribution < -0.4 is 15.2 Å². The van der Waals surface area contributed by atoms with Gasteiger partial charge in [0.25, 0.3) is 5.91 Å². The smallest absolute Gasteiger partial charge is 0.259 e. The summed E-state index contributed by atoms with van der Waals surface area (Å²) in [5.74, 6) is -0.204. The summed E-state index contributed by atoms with van der Waals surface area (Å²) in [5.41, 5.74) is 6.24. The summed E-state index contributed by atoms with van der Waals surface area (Å²) in [6.07, 6.45) is 1.38. The first kappa shape index (κ1) is 18.0. The van der Waals surface area contributed by atoms with Gasteiger partial charge >= 0.3 is 0 Å². The minimum Gasteiger partial charge on any atom is -0.490 e. The van der Waals surface area contributed by atoms with Crippen molar-refractivity contribution in [2.24, 2.45) is 5.73 Å². The van der Waals surface area contributed by atoms with Crippen LogP contribution in [0.1, 0.15) is 18.1 Å². The Balaban J connectivity index is 2.24. The molecular weight excluding hydrogens is 323 g/mol. The summed E-state index contributed by atoms with van der Waals surface area (Å²) >= 11 is 0. The molecule has 1 amide bonds. The highest BCUT2D eigenvalue weighted by Gasteiger charge is 2.09. The van der Waals surface area contributed by atoms with Crippen molar-refractivity contribution in [3.63, 3.8) is 0 Å². The maximum atomic E-state index is 13.2. The van der Waals surface area contributed by atoms with Gasteiger partial charge in [0.15, 0.2) is 11.5 Å². The van der Waals surface area contributed by atoms with E-state index in [1.54, 1.807) is 36.4 Å². The van der Waals surface area contributed by atoms with Gasteiger partial charge in [0.05, 0.1) is 6.61 Å². The molecule has 0 spiro atoms. The lowest BCUT2D eigenvalue weighted by atomic mass is 10.1. The Morgan fingerprint density at radius 1 is 1.24 bits per heavy atom. The first-order valence-corrected chi connectivity index (χ1v) is 7.59. The van der Waals surface area contributed by atoms with Gasteiger partial charge in [-0.1, -0.05) is 18.2 Å². The highest BCUT2D eigenvalue weighted by atomic mass is 19.1. The maximum absolute atomic E-state index is 13.2. The minimum atomic E-state index is -0.799. The van der Waals surface area contributed by atoms with Crippen molar-refractivity contribution < 1.29 is 18.7 Å². The van der Waals surface area contributed by atoms with E-state index in [0.717, 1.165) is 0 Å². The lowest BCUT2D eigenvalue weighted by molar-refractivity contribution is -0.114. The van der Waals surface area contributed by atoms with Crippen LogP contribution in [-0.4, -0.2) is 12.5 Å². The quantitative estimate of drug-likeness (QED) is 0.619. The average molecular weight is 340 g/mol. The number of benzene rings is 2. The second-order valence-corrected chi connectivity index (χ2v) is 5.09. The summed E-state index contributed by atoms with van der Waals surface area (Å²) < 4.78 is 24.4. The number of rotatable bonds is 7. The Morgan fingerprint density at radius 3 is 2.68 bits per heavy atom. The first-order valence-electron chi connectivity index (χ1n) is 7.59. The van der Waals surface area contributed by atoms with Crippen LogP contribution in [0.5, 0.6) is 11.5 Å². The van der Waals surface area contributed by atoms with Gasteiger partial charge in [0, 0.05) is 0 Å².